The fourth-order valence-electron chi connectivity index (χ4n) is 4.96. The third-order valence-corrected chi connectivity index (χ3v) is 7.92. The van der Waals surface area contributed by atoms with Crippen molar-refractivity contribution in [2.45, 2.75) is 19.9 Å². The Bertz CT molecular complexity index is 2050. The van der Waals surface area contributed by atoms with Crippen LogP contribution < -0.4 is 5.32 Å². The monoisotopic (exact) mass is 587 g/mol. The van der Waals surface area contributed by atoms with E-state index in [1.54, 1.807) is 30.7 Å². The number of hydrogen-bond acceptors (Lipinski definition) is 7. The van der Waals surface area contributed by atoms with E-state index in [0.29, 0.717) is 56.9 Å². The molecule has 0 fully saturated rings. The first-order valence-corrected chi connectivity index (χ1v) is 15.4. The molecule has 0 spiro atoms. The molecular formula is C30H27F2N7O2S. The van der Waals surface area contributed by atoms with E-state index in [9.17, 15) is 12.8 Å². The summed E-state index contributed by atoms with van der Waals surface area (Å²) in [4.78, 5) is 16.6. The maximum absolute atomic E-state index is 15.2. The highest BCUT2D eigenvalue weighted by Gasteiger charge is 2.19. The van der Waals surface area contributed by atoms with Crippen LogP contribution >= 0.6 is 0 Å². The highest BCUT2D eigenvalue weighted by Crippen LogP contribution is 2.34. The number of fused-ring (bicyclic) bond motifs is 2. The first kappa shape index (κ1) is 27.6. The van der Waals surface area contributed by atoms with Crippen LogP contribution in [0.15, 0.2) is 61.1 Å². The van der Waals surface area contributed by atoms with Crippen LogP contribution in [0.25, 0.3) is 55.8 Å². The Labute approximate surface area is 240 Å². The third-order valence-electron chi connectivity index (χ3n) is 6.98. The topological polar surface area (TPSA) is 129 Å². The lowest BCUT2D eigenvalue weighted by Crippen LogP contribution is -2.11. The molecule has 2 aromatic carbocycles. The van der Waals surface area contributed by atoms with Crippen molar-refractivity contribution < 1.29 is 17.2 Å². The molecule has 4 aromatic heterocycles. The second kappa shape index (κ2) is 11.0. The molecule has 6 aromatic rings. The molecule has 0 radical (unpaired) electrons. The van der Waals surface area contributed by atoms with Gasteiger partial charge in [-0.15, -0.1) is 0 Å². The highest BCUT2D eigenvalue weighted by atomic mass is 32.2. The van der Waals surface area contributed by atoms with Crippen LogP contribution in [-0.4, -0.2) is 57.1 Å². The molecule has 0 saturated carbocycles. The van der Waals surface area contributed by atoms with Crippen LogP contribution in [0.3, 0.4) is 0 Å². The number of benzene rings is 2. The fraction of sp³-hybridized carbons (Fsp3) is 0.200. The predicted octanol–water partition coefficient (Wildman–Crippen LogP) is 5.21. The van der Waals surface area contributed by atoms with Gasteiger partial charge in [0.1, 0.15) is 26.9 Å². The number of aryl methyl sites for hydroxylation is 1. The van der Waals surface area contributed by atoms with Crippen LogP contribution in [0, 0.1) is 11.6 Å². The SMILES string of the molecule is CCNCc1cncc(-c2cc(F)c3n[nH]c(-c4nc5nccc(-c6cc(F)cc(CCS(C)(=O)=O)c6)c5[nH]4)c3c2)c1. The first-order valence-electron chi connectivity index (χ1n) is 13.3. The van der Waals surface area contributed by atoms with E-state index in [2.05, 4.69) is 35.5 Å². The summed E-state index contributed by atoms with van der Waals surface area (Å²) in [5, 5.41) is 10.9. The first-order chi connectivity index (χ1) is 20.2. The third kappa shape index (κ3) is 5.63. The average Bonchev–Trinajstić information content (AvgIpc) is 3.59. The molecule has 3 N–H and O–H groups in total. The number of sulfone groups is 1. The summed E-state index contributed by atoms with van der Waals surface area (Å²) in [6.07, 6.45) is 6.37. The second-order valence-electron chi connectivity index (χ2n) is 10.2. The van der Waals surface area contributed by atoms with E-state index in [-0.39, 0.29) is 17.7 Å². The Morgan fingerprint density at radius 1 is 0.976 bits per heavy atom. The van der Waals surface area contributed by atoms with Gasteiger partial charge in [0.25, 0.3) is 0 Å². The quantitative estimate of drug-likeness (QED) is 0.212. The number of H-pyrrole nitrogens is 2. The number of aromatic amines is 2. The van der Waals surface area contributed by atoms with Gasteiger partial charge in [-0.2, -0.15) is 5.10 Å². The Morgan fingerprint density at radius 3 is 2.62 bits per heavy atom. The number of nitrogens with zero attached hydrogens (tertiary/aromatic N) is 4. The number of pyridine rings is 2. The van der Waals surface area contributed by atoms with Gasteiger partial charge in [0.05, 0.1) is 11.3 Å². The second-order valence-corrected chi connectivity index (χ2v) is 12.4. The summed E-state index contributed by atoms with van der Waals surface area (Å²) >= 11 is 0. The number of rotatable bonds is 9. The van der Waals surface area contributed by atoms with Crippen LogP contribution in [0.2, 0.25) is 0 Å². The molecule has 42 heavy (non-hydrogen) atoms. The van der Waals surface area contributed by atoms with Gasteiger partial charge in [-0.3, -0.25) is 10.1 Å². The minimum absolute atomic E-state index is 0.0860. The normalized spacial score (nSPS) is 12.0. The van der Waals surface area contributed by atoms with Gasteiger partial charge in [-0.1, -0.05) is 13.0 Å². The fourth-order valence-corrected chi connectivity index (χ4v) is 5.56. The van der Waals surface area contributed by atoms with Crippen LogP contribution in [0.4, 0.5) is 8.78 Å². The van der Waals surface area contributed by atoms with Crippen molar-refractivity contribution in [1.82, 2.24) is 35.5 Å². The Kier molecular flexibility index (Phi) is 7.25. The molecule has 0 aliphatic heterocycles. The number of aromatic nitrogens is 6. The van der Waals surface area contributed by atoms with Crippen molar-refractivity contribution in [3.8, 4) is 33.8 Å². The van der Waals surface area contributed by atoms with E-state index >= 15 is 4.39 Å². The molecule has 0 unspecified atom stereocenters. The number of nitrogens with one attached hydrogen (secondary N) is 3. The molecule has 0 aliphatic carbocycles. The molecule has 9 nitrogen and oxygen atoms in total. The molecule has 0 aliphatic rings. The molecule has 0 saturated heterocycles. The summed E-state index contributed by atoms with van der Waals surface area (Å²) in [7, 11) is -3.21. The molecule has 214 valence electrons. The van der Waals surface area contributed by atoms with Crippen LogP contribution in [0.5, 0.6) is 0 Å². The lowest BCUT2D eigenvalue weighted by molar-refractivity contribution is 0.600. The zero-order valence-electron chi connectivity index (χ0n) is 22.9. The smallest absolute Gasteiger partial charge is 0.178 e. The average molecular weight is 588 g/mol. The van der Waals surface area contributed by atoms with Gasteiger partial charge in [0.2, 0.25) is 0 Å². The van der Waals surface area contributed by atoms with E-state index in [0.717, 1.165) is 23.9 Å². The van der Waals surface area contributed by atoms with E-state index in [1.807, 2.05) is 19.1 Å². The molecule has 0 amide bonds. The Morgan fingerprint density at radius 2 is 1.81 bits per heavy atom. The molecule has 12 heteroatoms. The summed E-state index contributed by atoms with van der Waals surface area (Å²) in [5.74, 6) is -0.667. The minimum atomic E-state index is -3.21. The maximum atomic E-state index is 15.2. The summed E-state index contributed by atoms with van der Waals surface area (Å²) < 4.78 is 53.1. The summed E-state index contributed by atoms with van der Waals surface area (Å²) in [6, 6.07) is 11.4. The Balaban J connectivity index is 1.42. The van der Waals surface area contributed by atoms with Crippen molar-refractivity contribution in [1.29, 1.82) is 0 Å². The van der Waals surface area contributed by atoms with E-state index in [1.165, 1.54) is 18.2 Å². The lowest BCUT2D eigenvalue weighted by Gasteiger charge is -2.07. The van der Waals surface area contributed by atoms with Crippen molar-refractivity contribution in [3.05, 3.63) is 83.8 Å². The standard InChI is InChI=1S/C30H27F2N7O2S/c1-3-33-14-18-9-21(16-34-15-18)19-12-24-26(25(32)13-19)38-39-28(24)30-36-27-23(4-6-35-29(27)37-30)20-8-17(10-22(31)11-20)5-7-42(2,40)41/h4,6,8-13,15-16,33H,3,5,7,14H2,1-2H3,(H,38,39)(H,35,36,37). The Hall–Kier alpha value is -4.55. The van der Waals surface area contributed by atoms with Crippen molar-refractivity contribution >= 4 is 31.9 Å². The molecule has 0 atom stereocenters. The van der Waals surface area contributed by atoms with Crippen LogP contribution in [0.1, 0.15) is 18.1 Å². The number of hydrogen-bond donors (Lipinski definition) is 3. The molecule has 4 heterocycles. The number of imidazole rings is 1. The molecule has 0 bridgehead atoms. The van der Waals surface area contributed by atoms with Gasteiger partial charge in [0, 0.05) is 47.9 Å². The lowest BCUT2D eigenvalue weighted by atomic mass is 10.0. The molecular weight excluding hydrogens is 560 g/mol. The number of halogens is 2. The van der Waals surface area contributed by atoms with Gasteiger partial charge in [-0.05, 0) is 71.6 Å². The zero-order valence-corrected chi connectivity index (χ0v) is 23.7. The minimum Gasteiger partial charge on any atom is -0.335 e. The van der Waals surface area contributed by atoms with Gasteiger partial charge >= 0.3 is 0 Å². The van der Waals surface area contributed by atoms with Gasteiger partial charge in [0.15, 0.2) is 17.3 Å². The summed E-state index contributed by atoms with van der Waals surface area (Å²) in [6.45, 7) is 3.49. The van der Waals surface area contributed by atoms with Crippen molar-refractivity contribution in [2.75, 3.05) is 18.6 Å². The van der Waals surface area contributed by atoms with Gasteiger partial charge in [-0.25, -0.2) is 27.2 Å². The summed E-state index contributed by atoms with van der Waals surface area (Å²) in [5.41, 5.74) is 5.71. The molecule has 6 rings (SSSR count). The van der Waals surface area contributed by atoms with Crippen molar-refractivity contribution in [3.63, 3.8) is 0 Å². The highest BCUT2D eigenvalue weighted by molar-refractivity contribution is 7.90. The van der Waals surface area contributed by atoms with E-state index in [4.69, 9.17) is 0 Å². The largest absolute Gasteiger partial charge is 0.335 e. The van der Waals surface area contributed by atoms with Crippen LogP contribution in [-0.2, 0) is 22.8 Å². The van der Waals surface area contributed by atoms with Crippen molar-refractivity contribution in [2.24, 2.45) is 0 Å². The predicted molar refractivity (Wildman–Crippen MR) is 158 cm³/mol. The maximum Gasteiger partial charge on any atom is 0.178 e. The van der Waals surface area contributed by atoms with Gasteiger partial charge < -0.3 is 10.3 Å². The zero-order chi connectivity index (χ0) is 29.4. The van der Waals surface area contributed by atoms with E-state index < -0.39 is 21.5 Å².